The van der Waals surface area contributed by atoms with E-state index in [-0.39, 0.29) is 18.5 Å². The maximum atomic E-state index is 12.6. The highest BCUT2D eigenvalue weighted by atomic mass is 16.5. The van der Waals surface area contributed by atoms with Crippen molar-refractivity contribution >= 4 is 11.9 Å². The second kappa shape index (κ2) is 79.0. The van der Waals surface area contributed by atoms with Crippen LogP contribution in [-0.2, 0) is 14.3 Å². The molecule has 0 aromatic carbocycles. The van der Waals surface area contributed by atoms with E-state index < -0.39 is 12.1 Å². The van der Waals surface area contributed by atoms with Crippen LogP contribution in [0.3, 0.4) is 0 Å². The number of unbranched alkanes of at least 4 members (excludes halogenated alkanes) is 66. The van der Waals surface area contributed by atoms with Gasteiger partial charge >= 0.3 is 5.97 Å². The van der Waals surface area contributed by atoms with Gasteiger partial charge in [-0.05, 0) is 51.4 Å². The van der Waals surface area contributed by atoms with E-state index in [0.29, 0.717) is 25.9 Å². The highest BCUT2D eigenvalue weighted by molar-refractivity contribution is 5.76. The first-order valence-electron chi connectivity index (χ1n) is 41.4. The number of nitrogens with one attached hydrogen (secondary N) is 1. The van der Waals surface area contributed by atoms with Crippen LogP contribution in [0.15, 0.2) is 12.2 Å². The van der Waals surface area contributed by atoms with E-state index in [9.17, 15) is 19.8 Å². The van der Waals surface area contributed by atoms with E-state index in [0.717, 1.165) is 38.5 Å². The van der Waals surface area contributed by atoms with Crippen molar-refractivity contribution in [3.8, 4) is 0 Å². The third-order valence-corrected chi connectivity index (χ3v) is 19.8. The number of carbonyl (C=O) groups excluding carboxylic acids is 2. The molecule has 0 spiro atoms. The molecule has 0 saturated carbocycles. The lowest BCUT2D eigenvalue weighted by Crippen LogP contribution is -2.45. The zero-order chi connectivity index (χ0) is 64.2. The Morgan fingerprint density at radius 2 is 0.528 bits per heavy atom. The molecule has 0 saturated heterocycles. The molecule has 0 heterocycles. The zero-order valence-electron chi connectivity index (χ0n) is 61.0. The highest BCUT2D eigenvalue weighted by Gasteiger charge is 2.20. The number of hydrogen-bond acceptors (Lipinski definition) is 5. The minimum absolute atomic E-state index is 0.0241. The summed E-state index contributed by atoms with van der Waals surface area (Å²) in [5.41, 5.74) is 0. The molecule has 1 amide bonds. The van der Waals surface area contributed by atoms with Gasteiger partial charge < -0.3 is 20.3 Å². The van der Waals surface area contributed by atoms with Crippen molar-refractivity contribution in [3.05, 3.63) is 12.2 Å². The minimum Gasteiger partial charge on any atom is -0.466 e. The van der Waals surface area contributed by atoms with Crippen LogP contribution in [0.1, 0.15) is 483 Å². The maximum absolute atomic E-state index is 12.6. The molecule has 6 heteroatoms. The van der Waals surface area contributed by atoms with Crippen molar-refractivity contribution in [2.75, 3.05) is 13.2 Å². The molecule has 0 aliphatic carbocycles. The molecule has 2 atom stereocenters. The second-order valence-electron chi connectivity index (χ2n) is 28.8. The number of ether oxygens (including phenoxy) is 1. The Hall–Kier alpha value is -1.40. The van der Waals surface area contributed by atoms with Crippen LogP contribution in [0.4, 0.5) is 0 Å². The summed E-state index contributed by atoms with van der Waals surface area (Å²) in [6, 6.07) is -0.540. The summed E-state index contributed by atoms with van der Waals surface area (Å²) in [4.78, 5) is 24.7. The van der Waals surface area contributed by atoms with Crippen LogP contribution in [0.5, 0.6) is 0 Å². The topological polar surface area (TPSA) is 95.9 Å². The summed E-state index contributed by atoms with van der Waals surface area (Å²) in [5, 5.41) is 23.5. The first kappa shape index (κ1) is 87.6. The van der Waals surface area contributed by atoms with E-state index in [2.05, 4.69) is 31.3 Å². The van der Waals surface area contributed by atoms with Crippen LogP contribution in [0, 0.1) is 0 Å². The molecule has 0 fully saturated rings. The van der Waals surface area contributed by atoms with Crippen LogP contribution in [0.2, 0.25) is 0 Å². The zero-order valence-corrected chi connectivity index (χ0v) is 61.0. The summed E-state index contributed by atoms with van der Waals surface area (Å²) in [6.45, 7) is 5.02. The van der Waals surface area contributed by atoms with Crippen molar-refractivity contribution < 1.29 is 24.5 Å². The first-order valence-corrected chi connectivity index (χ1v) is 41.4. The van der Waals surface area contributed by atoms with Crippen LogP contribution in [-0.4, -0.2) is 47.4 Å². The van der Waals surface area contributed by atoms with Crippen LogP contribution in [0.25, 0.3) is 0 Å². The minimum atomic E-state index is -0.663. The Balaban J connectivity index is 3.34. The fourth-order valence-corrected chi connectivity index (χ4v) is 13.5. The number of rotatable bonds is 79. The predicted octanol–water partition coefficient (Wildman–Crippen LogP) is 27.4. The molecular weight excluding hydrogens is 1090 g/mol. The molecule has 0 aliphatic heterocycles. The number of amides is 1. The summed E-state index contributed by atoms with van der Waals surface area (Å²) >= 11 is 0. The fourth-order valence-electron chi connectivity index (χ4n) is 13.5. The molecule has 6 nitrogen and oxygen atoms in total. The van der Waals surface area contributed by atoms with E-state index in [1.807, 2.05) is 0 Å². The van der Waals surface area contributed by atoms with Gasteiger partial charge in [0, 0.05) is 12.8 Å². The van der Waals surface area contributed by atoms with Crippen molar-refractivity contribution in [2.24, 2.45) is 0 Å². The van der Waals surface area contributed by atoms with Crippen molar-refractivity contribution in [1.29, 1.82) is 0 Å². The smallest absolute Gasteiger partial charge is 0.305 e. The Bertz CT molecular complexity index is 1350. The van der Waals surface area contributed by atoms with E-state index >= 15 is 0 Å². The maximum Gasteiger partial charge on any atom is 0.305 e. The van der Waals surface area contributed by atoms with Gasteiger partial charge in [0.25, 0.3) is 0 Å². The predicted molar refractivity (Wildman–Crippen MR) is 394 cm³/mol. The van der Waals surface area contributed by atoms with Gasteiger partial charge in [-0.2, -0.15) is 0 Å². The van der Waals surface area contributed by atoms with E-state index in [1.54, 1.807) is 0 Å². The summed E-state index contributed by atoms with van der Waals surface area (Å²) < 4.78 is 5.52. The first-order chi connectivity index (χ1) is 44.0. The van der Waals surface area contributed by atoms with Gasteiger partial charge in [0.2, 0.25) is 5.91 Å². The monoisotopic (exact) mass is 1250 g/mol. The number of aliphatic hydroxyl groups excluding tert-OH is 2. The van der Waals surface area contributed by atoms with Gasteiger partial charge in [-0.15, -0.1) is 0 Å². The molecular formula is C83H163NO5. The third kappa shape index (κ3) is 75.5. The largest absolute Gasteiger partial charge is 0.466 e. The average Bonchev–Trinajstić information content (AvgIpc) is 3.58. The second-order valence-corrected chi connectivity index (χ2v) is 28.8. The van der Waals surface area contributed by atoms with Crippen molar-refractivity contribution in [2.45, 2.75) is 495 Å². The normalized spacial score (nSPS) is 12.4. The number of allylic oxidation sites excluding steroid dienone is 2. The summed E-state index contributed by atoms with van der Waals surface area (Å²) in [5.74, 6) is -0.00218. The molecule has 2 unspecified atom stereocenters. The fraction of sp³-hybridized carbons (Fsp3) is 0.952. The Kier molecular flexibility index (Phi) is 77.8. The Labute approximate surface area is 559 Å². The quantitative estimate of drug-likeness (QED) is 0.0320. The summed E-state index contributed by atoms with van der Waals surface area (Å²) in [6.07, 6.45) is 100. The highest BCUT2D eigenvalue weighted by Crippen LogP contribution is 2.21. The Morgan fingerprint density at radius 3 is 0.798 bits per heavy atom. The SMILES string of the molecule is CCCCCCCCCCCCCCCCCCCCCCCCC(O)C(CO)NC(=O)CCCCCCCCCCCCCCCCCC/C=C\CCCCCCCCCCCCCCOC(=O)CCCCCCCCCCCCCCCCCCCC. The number of hydrogen-bond donors (Lipinski definition) is 3. The van der Waals surface area contributed by atoms with Crippen LogP contribution < -0.4 is 5.32 Å². The molecule has 530 valence electrons. The lowest BCUT2D eigenvalue weighted by atomic mass is 10.0. The van der Waals surface area contributed by atoms with E-state index in [1.165, 1.54) is 411 Å². The van der Waals surface area contributed by atoms with Crippen molar-refractivity contribution in [1.82, 2.24) is 5.32 Å². The molecule has 0 bridgehead atoms. The number of carbonyl (C=O) groups is 2. The molecule has 0 radical (unpaired) electrons. The Morgan fingerprint density at radius 1 is 0.303 bits per heavy atom. The summed E-state index contributed by atoms with van der Waals surface area (Å²) in [7, 11) is 0. The van der Waals surface area contributed by atoms with Gasteiger partial charge in [0.05, 0.1) is 25.4 Å². The van der Waals surface area contributed by atoms with E-state index in [4.69, 9.17) is 4.74 Å². The molecule has 0 aliphatic rings. The average molecular weight is 1260 g/mol. The van der Waals surface area contributed by atoms with Gasteiger partial charge in [0.15, 0.2) is 0 Å². The van der Waals surface area contributed by atoms with Crippen molar-refractivity contribution in [3.63, 3.8) is 0 Å². The number of esters is 1. The lowest BCUT2D eigenvalue weighted by Gasteiger charge is -2.22. The van der Waals surface area contributed by atoms with Gasteiger partial charge in [-0.3, -0.25) is 9.59 Å². The standard InChI is InChI=1S/C83H163NO5/c1-3-5-7-9-11-13-15-17-19-21-23-24-37-40-43-47-51-55-59-63-67-71-75-81(86)80(79-85)84-82(87)76-72-68-64-60-56-52-48-44-41-38-35-33-31-29-27-25-26-28-30-32-34-36-39-42-46-50-54-58-62-66-70-74-78-89-83(88)77-73-69-65-61-57-53-49-45-22-20-18-16-14-12-10-8-6-4-2/h28,30,80-81,85-86H,3-27,29,31-79H2,1-2H3,(H,84,87)/b30-28-. The van der Waals surface area contributed by atoms with Gasteiger partial charge in [0.1, 0.15) is 0 Å². The van der Waals surface area contributed by atoms with Gasteiger partial charge in [-0.25, -0.2) is 0 Å². The molecule has 0 aromatic rings. The van der Waals surface area contributed by atoms with Gasteiger partial charge in [-0.1, -0.05) is 431 Å². The lowest BCUT2D eigenvalue weighted by molar-refractivity contribution is -0.143. The third-order valence-electron chi connectivity index (χ3n) is 19.8. The molecule has 0 aromatic heterocycles. The molecule has 89 heavy (non-hydrogen) atoms. The molecule has 3 N–H and O–H groups in total. The molecule has 0 rings (SSSR count). The number of aliphatic hydroxyl groups is 2. The van der Waals surface area contributed by atoms with Crippen LogP contribution >= 0.6 is 0 Å².